The van der Waals surface area contributed by atoms with Gasteiger partial charge in [0.1, 0.15) is 24.7 Å². The molecule has 0 saturated carbocycles. The lowest BCUT2D eigenvalue weighted by Crippen LogP contribution is -2.01. The van der Waals surface area contributed by atoms with E-state index in [1.54, 1.807) is 38.5 Å². The van der Waals surface area contributed by atoms with Crippen LogP contribution in [0.1, 0.15) is 11.1 Å². The van der Waals surface area contributed by atoms with Crippen molar-refractivity contribution in [1.29, 1.82) is 0 Å². The monoisotopic (exact) mass is 382 g/mol. The highest BCUT2D eigenvalue weighted by atomic mass is 16.5. The van der Waals surface area contributed by atoms with Gasteiger partial charge >= 0.3 is 11.9 Å². The van der Waals surface area contributed by atoms with E-state index in [-0.39, 0.29) is 13.2 Å². The fourth-order valence-electron chi connectivity index (χ4n) is 2.12. The molecule has 0 atom stereocenters. The van der Waals surface area contributed by atoms with E-state index in [9.17, 15) is 9.59 Å². The molecule has 0 fully saturated rings. The molecule has 0 aliphatic heterocycles. The van der Waals surface area contributed by atoms with Crippen molar-refractivity contribution in [2.75, 3.05) is 14.2 Å². The molecule has 0 radical (unpaired) electrons. The van der Waals surface area contributed by atoms with Gasteiger partial charge in [-0.3, -0.25) is 0 Å². The van der Waals surface area contributed by atoms with Crippen molar-refractivity contribution in [2.24, 2.45) is 0 Å². The van der Waals surface area contributed by atoms with Crippen LogP contribution in [0.5, 0.6) is 11.5 Å². The van der Waals surface area contributed by atoms with Gasteiger partial charge in [-0.2, -0.15) is 0 Å². The summed E-state index contributed by atoms with van der Waals surface area (Å²) < 4.78 is 20.3. The molecule has 0 bridgehead atoms. The van der Waals surface area contributed by atoms with Gasteiger partial charge in [-0.25, -0.2) is 9.59 Å². The molecule has 0 aliphatic carbocycles. The van der Waals surface area contributed by atoms with Crippen molar-refractivity contribution in [2.45, 2.75) is 13.2 Å². The maximum atomic E-state index is 11.7. The fourth-order valence-corrected chi connectivity index (χ4v) is 2.12. The number of ether oxygens (including phenoxy) is 4. The van der Waals surface area contributed by atoms with Gasteiger partial charge in [0.25, 0.3) is 0 Å². The van der Waals surface area contributed by atoms with Crippen LogP contribution in [0, 0.1) is 0 Å². The number of benzene rings is 2. The summed E-state index contributed by atoms with van der Waals surface area (Å²) in [7, 11) is 3.17. The number of esters is 2. The Morgan fingerprint density at radius 3 is 1.36 bits per heavy atom. The first-order valence-electron chi connectivity index (χ1n) is 8.55. The third-order valence-corrected chi connectivity index (χ3v) is 3.66. The van der Waals surface area contributed by atoms with Crippen LogP contribution in [0.4, 0.5) is 0 Å². The summed E-state index contributed by atoms with van der Waals surface area (Å²) in [6, 6.07) is 14.4. The Morgan fingerprint density at radius 1 is 0.679 bits per heavy atom. The van der Waals surface area contributed by atoms with Crippen molar-refractivity contribution >= 4 is 11.9 Å². The van der Waals surface area contributed by atoms with Crippen molar-refractivity contribution in [3.63, 3.8) is 0 Å². The Kier molecular flexibility index (Phi) is 8.33. The molecule has 146 valence electrons. The van der Waals surface area contributed by atoms with Crippen LogP contribution in [0.15, 0.2) is 72.8 Å². The lowest BCUT2D eigenvalue weighted by Gasteiger charge is -2.04. The first-order valence-corrected chi connectivity index (χ1v) is 8.55. The smallest absolute Gasteiger partial charge is 0.331 e. The molecule has 6 nitrogen and oxygen atoms in total. The number of allylic oxidation sites excluding steroid dienone is 2. The molecule has 0 N–H and O–H groups in total. The van der Waals surface area contributed by atoms with Crippen LogP contribution < -0.4 is 9.47 Å². The van der Waals surface area contributed by atoms with E-state index in [4.69, 9.17) is 18.9 Å². The molecule has 0 aromatic heterocycles. The molecule has 0 aliphatic rings. The zero-order valence-corrected chi connectivity index (χ0v) is 15.8. The minimum absolute atomic E-state index is 0.154. The highest BCUT2D eigenvalue weighted by Gasteiger charge is 2.00. The standard InChI is InChI=1S/C22H22O6/c1-25-19-11-7-17(8-12-19)15-27-21(23)5-3-4-6-22(24)28-16-18-9-13-20(26-2)14-10-18/h3-14H,15-16H2,1-2H3/b5-3+,6-4+. The lowest BCUT2D eigenvalue weighted by atomic mass is 10.2. The zero-order valence-electron chi connectivity index (χ0n) is 15.8. The molecule has 0 unspecified atom stereocenters. The number of methoxy groups -OCH3 is 2. The third-order valence-electron chi connectivity index (χ3n) is 3.66. The van der Waals surface area contributed by atoms with E-state index in [0.717, 1.165) is 22.6 Å². The van der Waals surface area contributed by atoms with E-state index in [0.29, 0.717) is 0 Å². The Labute approximate surface area is 164 Å². The quantitative estimate of drug-likeness (QED) is 0.375. The van der Waals surface area contributed by atoms with Crippen LogP contribution in [0.2, 0.25) is 0 Å². The average Bonchev–Trinajstić information content (AvgIpc) is 2.74. The van der Waals surface area contributed by atoms with Crippen LogP contribution >= 0.6 is 0 Å². The highest BCUT2D eigenvalue weighted by Crippen LogP contribution is 2.13. The second-order valence-electron chi connectivity index (χ2n) is 5.63. The summed E-state index contributed by atoms with van der Waals surface area (Å²) in [4.78, 5) is 23.3. The lowest BCUT2D eigenvalue weighted by molar-refractivity contribution is -0.140. The SMILES string of the molecule is COc1ccc(COC(=O)/C=C/C=C/C(=O)OCc2ccc(OC)cc2)cc1. The van der Waals surface area contributed by atoms with E-state index >= 15 is 0 Å². The molecular formula is C22H22O6. The third kappa shape index (κ3) is 7.37. The first-order chi connectivity index (χ1) is 13.6. The van der Waals surface area contributed by atoms with Crippen molar-refractivity contribution in [3.8, 4) is 11.5 Å². The summed E-state index contributed by atoms with van der Waals surface area (Å²) in [6.07, 6.45) is 5.31. The number of rotatable bonds is 9. The van der Waals surface area contributed by atoms with Crippen molar-refractivity contribution < 1.29 is 28.5 Å². The van der Waals surface area contributed by atoms with E-state index in [1.807, 2.05) is 24.3 Å². The van der Waals surface area contributed by atoms with Crippen molar-refractivity contribution in [1.82, 2.24) is 0 Å². The molecule has 0 spiro atoms. The molecule has 0 heterocycles. The van der Waals surface area contributed by atoms with Gasteiger partial charge in [-0.1, -0.05) is 36.4 Å². The summed E-state index contributed by atoms with van der Waals surface area (Å²) in [5, 5.41) is 0. The van der Waals surface area contributed by atoms with Crippen LogP contribution in [-0.4, -0.2) is 26.2 Å². The summed E-state index contributed by atoms with van der Waals surface area (Å²) in [5.41, 5.74) is 1.69. The maximum absolute atomic E-state index is 11.7. The van der Waals surface area contributed by atoms with Gasteiger partial charge in [-0.15, -0.1) is 0 Å². The Balaban J connectivity index is 1.68. The molecule has 6 heteroatoms. The molecule has 0 amide bonds. The molecule has 2 aromatic rings. The van der Waals surface area contributed by atoms with Gasteiger partial charge in [0.05, 0.1) is 14.2 Å². The topological polar surface area (TPSA) is 71.1 Å². The Bertz CT molecular complexity index is 748. The van der Waals surface area contributed by atoms with Crippen LogP contribution in [-0.2, 0) is 32.3 Å². The van der Waals surface area contributed by atoms with Gasteiger partial charge < -0.3 is 18.9 Å². The second kappa shape index (κ2) is 11.2. The van der Waals surface area contributed by atoms with Gasteiger partial charge in [-0.05, 0) is 35.4 Å². The molecule has 2 aromatic carbocycles. The zero-order chi connectivity index (χ0) is 20.2. The summed E-state index contributed by atoms with van der Waals surface area (Å²) in [6.45, 7) is 0.307. The maximum Gasteiger partial charge on any atom is 0.331 e. The van der Waals surface area contributed by atoms with E-state index < -0.39 is 11.9 Å². The molecular weight excluding hydrogens is 360 g/mol. The minimum atomic E-state index is -0.507. The average molecular weight is 382 g/mol. The second-order valence-corrected chi connectivity index (χ2v) is 5.63. The van der Waals surface area contributed by atoms with Crippen LogP contribution in [0.25, 0.3) is 0 Å². The van der Waals surface area contributed by atoms with Gasteiger partial charge in [0.2, 0.25) is 0 Å². The largest absolute Gasteiger partial charge is 0.497 e. The Hall–Kier alpha value is -3.54. The predicted molar refractivity (Wildman–Crippen MR) is 104 cm³/mol. The number of carbonyl (C=O) groups excluding carboxylic acids is 2. The molecule has 28 heavy (non-hydrogen) atoms. The summed E-state index contributed by atoms with van der Waals surface area (Å²) >= 11 is 0. The molecule has 2 rings (SSSR count). The summed E-state index contributed by atoms with van der Waals surface area (Å²) in [5.74, 6) is 0.456. The van der Waals surface area contributed by atoms with Gasteiger partial charge in [0, 0.05) is 12.2 Å². The fraction of sp³-hybridized carbons (Fsp3) is 0.182. The first kappa shape index (κ1) is 20.8. The van der Waals surface area contributed by atoms with Gasteiger partial charge in [0.15, 0.2) is 0 Å². The van der Waals surface area contributed by atoms with E-state index in [2.05, 4.69) is 0 Å². The number of hydrogen-bond donors (Lipinski definition) is 0. The Morgan fingerprint density at radius 2 is 1.04 bits per heavy atom. The van der Waals surface area contributed by atoms with Crippen molar-refractivity contribution in [3.05, 3.63) is 84.0 Å². The number of hydrogen-bond acceptors (Lipinski definition) is 6. The predicted octanol–water partition coefficient (Wildman–Crippen LogP) is 3.60. The normalized spacial score (nSPS) is 10.8. The van der Waals surface area contributed by atoms with E-state index in [1.165, 1.54) is 24.3 Å². The molecule has 0 saturated heterocycles. The number of carbonyl (C=O) groups is 2. The highest BCUT2D eigenvalue weighted by molar-refractivity contribution is 5.84. The minimum Gasteiger partial charge on any atom is -0.497 e. The van der Waals surface area contributed by atoms with Crippen LogP contribution in [0.3, 0.4) is 0 Å².